The molecule has 2 aromatic rings. The van der Waals surface area contributed by atoms with E-state index in [9.17, 15) is 14.7 Å². The van der Waals surface area contributed by atoms with Crippen LogP contribution in [0.25, 0.3) is 0 Å². The lowest BCUT2D eigenvalue weighted by atomic mass is 10.1. The summed E-state index contributed by atoms with van der Waals surface area (Å²) in [5.41, 5.74) is 0.00343. The van der Waals surface area contributed by atoms with Crippen molar-refractivity contribution in [2.75, 3.05) is 0 Å². The quantitative estimate of drug-likeness (QED) is 0.654. The van der Waals surface area contributed by atoms with Crippen LogP contribution >= 0.6 is 0 Å². The molecule has 6 heteroatoms. The molecule has 1 aromatic carbocycles. The van der Waals surface area contributed by atoms with Gasteiger partial charge in [-0.15, -0.1) is 6.58 Å². The van der Waals surface area contributed by atoms with Gasteiger partial charge in [0.1, 0.15) is 5.56 Å². The zero-order valence-electron chi connectivity index (χ0n) is 13.1. The summed E-state index contributed by atoms with van der Waals surface area (Å²) in [6, 6.07) is 9.41. The smallest absolute Gasteiger partial charge is 0.331 e. The number of nitrogens with one attached hydrogen (secondary N) is 1. The Bertz CT molecular complexity index is 848. The number of H-pyrrole nitrogens is 1. The van der Waals surface area contributed by atoms with Gasteiger partial charge in [0, 0.05) is 6.54 Å². The van der Waals surface area contributed by atoms with Crippen molar-refractivity contribution in [1.29, 1.82) is 0 Å². The third kappa shape index (κ3) is 3.48. The largest absolute Gasteiger partial charge is 0.494 e. The Kier molecular flexibility index (Phi) is 4.95. The number of nitrogens with zero attached hydrogens (tertiary/aromatic N) is 2. The molecule has 1 heterocycles. The van der Waals surface area contributed by atoms with Crippen LogP contribution in [0.1, 0.15) is 31.0 Å². The first-order valence-electron chi connectivity index (χ1n) is 7.22. The van der Waals surface area contributed by atoms with E-state index < -0.39 is 17.1 Å². The summed E-state index contributed by atoms with van der Waals surface area (Å²) >= 11 is 0. The van der Waals surface area contributed by atoms with Crippen LogP contribution in [-0.2, 0) is 6.54 Å². The van der Waals surface area contributed by atoms with E-state index in [4.69, 9.17) is 0 Å². The molecule has 1 aromatic heterocycles. The summed E-state index contributed by atoms with van der Waals surface area (Å²) in [6.45, 7) is 7.15. The molecule has 6 nitrogen and oxygen atoms in total. The van der Waals surface area contributed by atoms with Gasteiger partial charge < -0.3 is 5.11 Å². The molecule has 0 fully saturated rings. The zero-order chi connectivity index (χ0) is 17.0. The Hall–Kier alpha value is -2.89. The minimum absolute atomic E-state index is 0.00534. The number of hydrogen-bond donors (Lipinski definition) is 2. The second-order valence-corrected chi connectivity index (χ2v) is 5.16. The maximum atomic E-state index is 12.0. The van der Waals surface area contributed by atoms with Gasteiger partial charge in [-0.1, -0.05) is 36.4 Å². The molecule has 0 aliphatic rings. The molecule has 0 saturated heterocycles. The fourth-order valence-corrected chi connectivity index (χ4v) is 2.35. The molecule has 0 bridgehead atoms. The summed E-state index contributed by atoms with van der Waals surface area (Å²) in [5, 5.41) is 10.2. The number of rotatable bonds is 5. The molecule has 120 valence electrons. The molecule has 0 amide bonds. The highest BCUT2D eigenvalue weighted by molar-refractivity contribution is 6.00. The molecule has 2 N–H and O–H groups in total. The normalized spacial score (nSPS) is 12.9. The van der Waals surface area contributed by atoms with Gasteiger partial charge in [0.2, 0.25) is 5.88 Å². The predicted molar refractivity (Wildman–Crippen MR) is 90.3 cm³/mol. The lowest BCUT2D eigenvalue weighted by molar-refractivity contribution is 0.409. The van der Waals surface area contributed by atoms with Crippen LogP contribution in [0.4, 0.5) is 0 Å². The van der Waals surface area contributed by atoms with Crippen LogP contribution in [0.2, 0.25) is 0 Å². The molecular weight excluding hydrogens is 294 g/mol. The van der Waals surface area contributed by atoms with Crippen molar-refractivity contribution in [3.05, 3.63) is 75.0 Å². The highest BCUT2D eigenvalue weighted by Gasteiger charge is 2.17. The van der Waals surface area contributed by atoms with E-state index in [1.807, 2.05) is 37.3 Å². The van der Waals surface area contributed by atoms with Crippen molar-refractivity contribution in [2.45, 2.75) is 26.4 Å². The van der Waals surface area contributed by atoms with Crippen LogP contribution < -0.4 is 11.2 Å². The standard InChI is InChI=1S/C17H19N3O3/c1-4-10-20-16(22)14(15(21)19-17(20)23)12(3)18-11(2)13-8-6-5-7-9-13/h4-9,11,22H,1,10H2,2-3H3,(H,19,21,23)/t11-/m1/s1. The highest BCUT2D eigenvalue weighted by Crippen LogP contribution is 2.19. The number of aromatic amines is 1. The first kappa shape index (κ1) is 16.5. The average molecular weight is 313 g/mol. The second-order valence-electron chi connectivity index (χ2n) is 5.16. The second kappa shape index (κ2) is 6.91. The fourth-order valence-electron chi connectivity index (χ4n) is 2.35. The number of aliphatic imine (C=N–C) groups is 1. The SMILES string of the molecule is C=CCn1c(O)c(C(C)=N[C@H](C)c2ccccc2)c(=O)[nH]c1=O. The number of aromatic hydroxyl groups is 1. The molecule has 0 radical (unpaired) electrons. The monoisotopic (exact) mass is 313 g/mol. The van der Waals surface area contributed by atoms with Gasteiger partial charge in [0.05, 0.1) is 11.8 Å². The summed E-state index contributed by atoms with van der Waals surface area (Å²) in [7, 11) is 0. The lowest BCUT2D eigenvalue weighted by Crippen LogP contribution is -2.33. The first-order valence-corrected chi connectivity index (χ1v) is 7.22. The van der Waals surface area contributed by atoms with Crippen LogP contribution in [0, 0.1) is 0 Å². The topological polar surface area (TPSA) is 87.4 Å². The molecule has 0 unspecified atom stereocenters. The van der Waals surface area contributed by atoms with E-state index >= 15 is 0 Å². The summed E-state index contributed by atoms with van der Waals surface area (Å²) < 4.78 is 1.04. The molecule has 1 atom stereocenters. The Morgan fingerprint density at radius 1 is 1.39 bits per heavy atom. The Morgan fingerprint density at radius 2 is 2.04 bits per heavy atom. The van der Waals surface area contributed by atoms with Crippen LogP contribution in [0.5, 0.6) is 5.88 Å². The Morgan fingerprint density at radius 3 is 2.65 bits per heavy atom. The molecular formula is C17H19N3O3. The third-order valence-corrected chi connectivity index (χ3v) is 3.51. The maximum Gasteiger partial charge on any atom is 0.331 e. The van der Waals surface area contributed by atoms with Crippen LogP contribution in [0.3, 0.4) is 0 Å². The minimum Gasteiger partial charge on any atom is -0.494 e. The minimum atomic E-state index is -0.681. The van der Waals surface area contributed by atoms with E-state index in [0.717, 1.165) is 10.1 Å². The van der Waals surface area contributed by atoms with E-state index in [1.165, 1.54) is 6.08 Å². The summed E-state index contributed by atoms with van der Waals surface area (Å²) in [4.78, 5) is 30.4. The molecule has 0 aliphatic heterocycles. The van der Waals surface area contributed by atoms with E-state index in [0.29, 0.717) is 5.71 Å². The average Bonchev–Trinajstić information content (AvgIpc) is 2.52. The van der Waals surface area contributed by atoms with Crippen molar-refractivity contribution < 1.29 is 5.11 Å². The number of hydrogen-bond acceptors (Lipinski definition) is 4. The Labute approximate surface area is 133 Å². The van der Waals surface area contributed by atoms with Gasteiger partial charge in [-0.25, -0.2) is 4.79 Å². The Balaban J connectivity index is 2.51. The lowest BCUT2D eigenvalue weighted by Gasteiger charge is -2.12. The van der Waals surface area contributed by atoms with Gasteiger partial charge in [-0.3, -0.25) is 19.3 Å². The summed E-state index contributed by atoms with van der Waals surface area (Å²) in [6.07, 6.45) is 1.46. The summed E-state index contributed by atoms with van der Waals surface area (Å²) in [5.74, 6) is -0.403. The van der Waals surface area contributed by atoms with Gasteiger partial charge in [0.15, 0.2) is 0 Å². The van der Waals surface area contributed by atoms with Gasteiger partial charge in [-0.2, -0.15) is 0 Å². The van der Waals surface area contributed by atoms with Gasteiger partial charge in [-0.05, 0) is 19.4 Å². The van der Waals surface area contributed by atoms with Crippen molar-refractivity contribution in [1.82, 2.24) is 9.55 Å². The maximum absolute atomic E-state index is 12.0. The van der Waals surface area contributed by atoms with E-state index in [-0.39, 0.29) is 18.2 Å². The number of allylic oxidation sites excluding steroid dienone is 1. The molecule has 0 aliphatic carbocycles. The van der Waals surface area contributed by atoms with Gasteiger partial charge >= 0.3 is 5.69 Å². The van der Waals surface area contributed by atoms with Crippen LogP contribution in [-0.4, -0.2) is 20.4 Å². The first-order chi connectivity index (χ1) is 11.0. The molecule has 23 heavy (non-hydrogen) atoms. The van der Waals surface area contributed by atoms with Crippen molar-refractivity contribution in [2.24, 2.45) is 4.99 Å². The molecule has 0 saturated carbocycles. The molecule has 0 spiro atoms. The van der Waals surface area contributed by atoms with Crippen molar-refractivity contribution >= 4 is 5.71 Å². The van der Waals surface area contributed by atoms with E-state index in [2.05, 4.69) is 16.6 Å². The number of benzene rings is 1. The fraction of sp³-hybridized carbons (Fsp3) is 0.235. The third-order valence-electron chi connectivity index (χ3n) is 3.51. The van der Waals surface area contributed by atoms with Crippen molar-refractivity contribution in [3.63, 3.8) is 0 Å². The highest BCUT2D eigenvalue weighted by atomic mass is 16.3. The zero-order valence-corrected chi connectivity index (χ0v) is 13.1. The van der Waals surface area contributed by atoms with E-state index in [1.54, 1.807) is 6.92 Å². The van der Waals surface area contributed by atoms with Gasteiger partial charge in [0.25, 0.3) is 5.56 Å². The number of aromatic nitrogens is 2. The molecule has 2 rings (SSSR count). The predicted octanol–water partition coefficient (Wildman–Crippen LogP) is 2.00. The van der Waals surface area contributed by atoms with Crippen molar-refractivity contribution in [3.8, 4) is 5.88 Å². The van der Waals surface area contributed by atoms with Crippen LogP contribution in [0.15, 0.2) is 57.6 Å².